The summed E-state index contributed by atoms with van der Waals surface area (Å²) in [6, 6.07) is 6.85. The summed E-state index contributed by atoms with van der Waals surface area (Å²) in [5.74, 6) is -2.05. The Morgan fingerprint density at radius 2 is 1.96 bits per heavy atom. The predicted molar refractivity (Wildman–Crippen MR) is 95.8 cm³/mol. The van der Waals surface area contributed by atoms with E-state index in [2.05, 4.69) is 15.6 Å². The second-order valence-corrected chi connectivity index (χ2v) is 6.88. The molecule has 3 atom stereocenters. The molecular formula is C19H21N3O5. The van der Waals surface area contributed by atoms with Crippen LogP contribution in [0.1, 0.15) is 17.7 Å². The lowest BCUT2D eigenvalue weighted by molar-refractivity contribution is -0.158. The van der Waals surface area contributed by atoms with Crippen molar-refractivity contribution in [2.45, 2.75) is 24.4 Å². The van der Waals surface area contributed by atoms with Crippen LogP contribution in [0.4, 0.5) is 0 Å². The Hall–Kier alpha value is -2.87. The highest BCUT2D eigenvalue weighted by molar-refractivity contribution is 5.97. The molecule has 0 spiro atoms. The molecule has 0 saturated carbocycles. The Morgan fingerprint density at radius 1 is 1.19 bits per heavy atom. The molecule has 0 aliphatic carbocycles. The molecule has 142 valence electrons. The van der Waals surface area contributed by atoms with Gasteiger partial charge >= 0.3 is 11.9 Å². The van der Waals surface area contributed by atoms with E-state index in [1.165, 1.54) is 14.2 Å². The zero-order chi connectivity index (χ0) is 19.2. The lowest BCUT2D eigenvalue weighted by atomic mass is 9.74. The number of hydrogen-bond acceptors (Lipinski definition) is 6. The van der Waals surface area contributed by atoms with Crippen molar-refractivity contribution in [2.24, 2.45) is 5.92 Å². The second-order valence-electron chi connectivity index (χ2n) is 6.88. The summed E-state index contributed by atoms with van der Waals surface area (Å²) >= 11 is 0. The summed E-state index contributed by atoms with van der Waals surface area (Å²) in [7, 11) is 2.58. The second kappa shape index (κ2) is 6.38. The van der Waals surface area contributed by atoms with Gasteiger partial charge in [-0.1, -0.05) is 18.2 Å². The first kappa shape index (κ1) is 17.5. The number of rotatable bonds is 3. The normalized spacial score (nSPS) is 27.1. The molecule has 0 unspecified atom stereocenters. The van der Waals surface area contributed by atoms with Crippen molar-refractivity contribution >= 4 is 28.7 Å². The molecule has 0 bridgehead atoms. The summed E-state index contributed by atoms with van der Waals surface area (Å²) in [5, 5.41) is 6.80. The molecule has 1 amide bonds. The van der Waals surface area contributed by atoms with E-state index < -0.39 is 29.4 Å². The largest absolute Gasteiger partial charge is 0.468 e. The number of fused-ring (bicyclic) bond motifs is 3. The van der Waals surface area contributed by atoms with Gasteiger partial charge in [-0.05, 0) is 18.1 Å². The Morgan fingerprint density at radius 3 is 2.63 bits per heavy atom. The van der Waals surface area contributed by atoms with E-state index in [1.807, 2.05) is 24.3 Å². The molecule has 27 heavy (non-hydrogen) atoms. The third kappa shape index (κ3) is 2.43. The lowest BCUT2D eigenvalue weighted by Gasteiger charge is -2.41. The van der Waals surface area contributed by atoms with Gasteiger partial charge in [0, 0.05) is 23.9 Å². The number of nitrogens with one attached hydrogen (secondary N) is 3. The standard InChI is InChI=1S/C19H21N3O5/c1-26-17(24)14-9-11-10-5-3-4-6-13(10)21-15(11)19(22-14,18(25)27-2)12-7-8-20-16(12)23/h3-6,12,14,21-22H,7-9H2,1-2H3,(H,20,23)/t12-,14-,19+/m0/s1. The number of benzene rings is 1. The summed E-state index contributed by atoms with van der Waals surface area (Å²) < 4.78 is 10.0. The third-order valence-corrected chi connectivity index (χ3v) is 5.58. The van der Waals surface area contributed by atoms with Crippen molar-refractivity contribution in [3.05, 3.63) is 35.5 Å². The zero-order valence-corrected chi connectivity index (χ0v) is 15.1. The number of methoxy groups -OCH3 is 2. The van der Waals surface area contributed by atoms with Crippen LogP contribution in [0.2, 0.25) is 0 Å². The Kier molecular flexibility index (Phi) is 4.15. The van der Waals surface area contributed by atoms with E-state index in [4.69, 9.17) is 9.47 Å². The number of carbonyl (C=O) groups is 3. The highest BCUT2D eigenvalue weighted by Crippen LogP contribution is 2.43. The molecule has 8 heteroatoms. The minimum absolute atomic E-state index is 0.247. The molecule has 1 saturated heterocycles. The quantitative estimate of drug-likeness (QED) is 0.672. The van der Waals surface area contributed by atoms with Crippen LogP contribution >= 0.6 is 0 Å². The maximum atomic E-state index is 13.1. The van der Waals surface area contributed by atoms with Crippen molar-refractivity contribution in [1.82, 2.24) is 15.6 Å². The molecule has 1 aromatic heterocycles. The highest BCUT2D eigenvalue weighted by atomic mass is 16.5. The van der Waals surface area contributed by atoms with Gasteiger partial charge in [-0.2, -0.15) is 0 Å². The number of carbonyl (C=O) groups excluding carboxylic acids is 3. The van der Waals surface area contributed by atoms with Gasteiger partial charge in [0.2, 0.25) is 5.91 Å². The first-order chi connectivity index (χ1) is 13.0. The molecule has 8 nitrogen and oxygen atoms in total. The summed E-state index contributed by atoms with van der Waals surface area (Å²) in [5.41, 5.74) is 0.755. The van der Waals surface area contributed by atoms with Crippen LogP contribution in [-0.2, 0) is 35.8 Å². The first-order valence-corrected chi connectivity index (χ1v) is 8.84. The fraction of sp³-hybridized carbons (Fsp3) is 0.421. The van der Waals surface area contributed by atoms with E-state index >= 15 is 0 Å². The molecule has 1 fully saturated rings. The van der Waals surface area contributed by atoms with Gasteiger partial charge in [0.1, 0.15) is 6.04 Å². The number of H-pyrrole nitrogens is 1. The smallest absolute Gasteiger partial charge is 0.333 e. The van der Waals surface area contributed by atoms with Crippen LogP contribution in [-0.4, -0.2) is 49.6 Å². The van der Waals surface area contributed by atoms with Crippen molar-refractivity contribution in [2.75, 3.05) is 20.8 Å². The van der Waals surface area contributed by atoms with Gasteiger partial charge in [-0.3, -0.25) is 14.9 Å². The number of ether oxygens (including phenoxy) is 2. The van der Waals surface area contributed by atoms with Gasteiger partial charge in [0.15, 0.2) is 5.54 Å². The monoisotopic (exact) mass is 371 g/mol. The van der Waals surface area contributed by atoms with Gasteiger partial charge in [0.05, 0.1) is 25.8 Å². The number of hydrogen-bond donors (Lipinski definition) is 3. The van der Waals surface area contributed by atoms with Crippen molar-refractivity contribution < 1.29 is 23.9 Å². The number of amides is 1. The van der Waals surface area contributed by atoms with Crippen molar-refractivity contribution in [3.63, 3.8) is 0 Å². The first-order valence-electron chi connectivity index (χ1n) is 8.84. The number of aromatic nitrogens is 1. The highest BCUT2D eigenvalue weighted by Gasteiger charge is 2.58. The average Bonchev–Trinajstić information content (AvgIpc) is 3.29. The molecule has 2 aromatic rings. The summed E-state index contributed by atoms with van der Waals surface area (Å²) in [6.45, 7) is 0.461. The molecule has 4 rings (SSSR count). The van der Waals surface area contributed by atoms with E-state index in [9.17, 15) is 14.4 Å². The van der Waals surface area contributed by atoms with Gasteiger partial charge < -0.3 is 19.8 Å². The fourth-order valence-electron chi connectivity index (χ4n) is 4.38. The topological polar surface area (TPSA) is 110 Å². The predicted octanol–water partition coefficient (Wildman–Crippen LogP) is 0.360. The number of aromatic amines is 1. The Labute approximate surface area is 155 Å². The van der Waals surface area contributed by atoms with Crippen LogP contribution in [0.15, 0.2) is 24.3 Å². The molecule has 1 aromatic carbocycles. The lowest BCUT2D eigenvalue weighted by Crippen LogP contribution is -2.64. The molecular weight excluding hydrogens is 350 g/mol. The Bertz CT molecular complexity index is 937. The fourth-order valence-corrected chi connectivity index (χ4v) is 4.38. The van der Waals surface area contributed by atoms with Crippen LogP contribution in [0.5, 0.6) is 0 Å². The van der Waals surface area contributed by atoms with Gasteiger partial charge in [-0.15, -0.1) is 0 Å². The van der Waals surface area contributed by atoms with Crippen LogP contribution in [0.3, 0.4) is 0 Å². The van der Waals surface area contributed by atoms with Crippen molar-refractivity contribution in [1.29, 1.82) is 0 Å². The van der Waals surface area contributed by atoms with Crippen LogP contribution in [0.25, 0.3) is 10.9 Å². The molecule has 2 aliphatic heterocycles. The van der Waals surface area contributed by atoms with Crippen molar-refractivity contribution in [3.8, 4) is 0 Å². The van der Waals surface area contributed by atoms with Gasteiger partial charge in [-0.25, -0.2) is 4.79 Å². The minimum Gasteiger partial charge on any atom is -0.468 e. The summed E-state index contributed by atoms with van der Waals surface area (Å²) in [6.07, 6.45) is 0.794. The molecule has 3 N–H and O–H groups in total. The minimum atomic E-state index is -1.49. The van der Waals surface area contributed by atoms with E-state index in [-0.39, 0.29) is 5.91 Å². The molecule has 0 radical (unpaired) electrons. The van der Waals surface area contributed by atoms with E-state index in [0.717, 1.165) is 16.5 Å². The van der Waals surface area contributed by atoms with Gasteiger partial charge in [0.25, 0.3) is 0 Å². The van der Waals surface area contributed by atoms with E-state index in [1.54, 1.807) is 0 Å². The maximum Gasteiger partial charge on any atom is 0.333 e. The summed E-state index contributed by atoms with van der Waals surface area (Å²) in [4.78, 5) is 41.3. The zero-order valence-electron chi connectivity index (χ0n) is 15.1. The van der Waals surface area contributed by atoms with Crippen LogP contribution in [0, 0.1) is 5.92 Å². The third-order valence-electron chi connectivity index (χ3n) is 5.58. The van der Waals surface area contributed by atoms with E-state index in [0.29, 0.717) is 25.1 Å². The maximum absolute atomic E-state index is 13.1. The Balaban J connectivity index is 2.00. The number of esters is 2. The molecule has 3 heterocycles. The average molecular weight is 371 g/mol. The van der Waals surface area contributed by atoms with Crippen LogP contribution < -0.4 is 10.6 Å². The SMILES string of the molecule is COC(=O)[C@@H]1Cc2c([nH]c3ccccc23)[C@@](C(=O)OC)([C@H]2CCNC2=O)N1. The molecule has 2 aliphatic rings. The number of para-hydroxylation sites is 1.